The molecule has 7 nitrogen and oxygen atoms in total. The molecule has 0 fully saturated rings. The molecule has 180 valence electrons. The smallest absolute Gasteiger partial charge is 0.435 e. The first kappa shape index (κ1) is 25.3. The van der Waals surface area contributed by atoms with E-state index in [1.165, 1.54) is 24.3 Å². The molecule has 1 unspecified atom stereocenters. The van der Waals surface area contributed by atoms with Crippen LogP contribution in [0.2, 0.25) is 5.02 Å². The fourth-order valence-electron chi connectivity index (χ4n) is 2.81. The number of alkyl halides is 3. The number of nitrogens with zero attached hydrogens (tertiary/aromatic N) is 2. The number of carbonyl (C=O) groups is 1. The second kappa shape index (κ2) is 9.14. The largest absolute Gasteiger partial charge is 0.435 e. The normalized spacial score (nSPS) is 13.3. The molecule has 1 atom stereocenters. The molecule has 0 spiro atoms. The van der Waals surface area contributed by atoms with Gasteiger partial charge in [0.05, 0.1) is 9.73 Å². The van der Waals surface area contributed by atoms with Gasteiger partial charge in [0.2, 0.25) is 0 Å². The number of nitrogens with one attached hydrogen (secondary N) is 2. The van der Waals surface area contributed by atoms with Crippen LogP contribution in [0.3, 0.4) is 0 Å². The number of hydrogen-bond acceptors (Lipinski definition) is 6. The van der Waals surface area contributed by atoms with Gasteiger partial charge in [-0.1, -0.05) is 17.7 Å². The lowest BCUT2D eigenvalue weighted by Gasteiger charge is -2.16. The van der Waals surface area contributed by atoms with Crippen LogP contribution in [0.5, 0.6) is 11.6 Å². The number of hydrogen-bond donors (Lipinski definition) is 2. The van der Waals surface area contributed by atoms with E-state index >= 15 is 0 Å². The number of benzene rings is 2. The fraction of sp³-hybridized carbons (Fsp3) is 0.150. The summed E-state index contributed by atoms with van der Waals surface area (Å²) in [5.74, 6) is -5.18. The van der Waals surface area contributed by atoms with Crippen molar-refractivity contribution >= 4 is 32.9 Å². The molecule has 0 radical (unpaired) electrons. The number of amides is 1. The monoisotopic (exact) mass is 520 g/mol. The maximum absolute atomic E-state index is 13.8. The van der Waals surface area contributed by atoms with Crippen molar-refractivity contribution in [2.45, 2.75) is 18.0 Å². The molecule has 3 rings (SSSR count). The number of anilines is 1. The van der Waals surface area contributed by atoms with Crippen molar-refractivity contribution in [2.24, 2.45) is 0 Å². The Morgan fingerprint density at radius 2 is 1.85 bits per heavy atom. The van der Waals surface area contributed by atoms with Gasteiger partial charge in [0, 0.05) is 16.8 Å². The van der Waals surface area contributed by atoms with E-state index < -0.39 is 66.9 Å². The van der Waals surface area contributed by atoms with Crippen LogP contribution in [0.4, 0.5) is 27.6 Å². The van der Waals surface area contributed by atoms with Crippen molar-refractivity contribution in [3.63, 3.8) is 0 Å². The van der Waals surface area contributed by atoms with Gasteiger partial charge in [0.1, 0.15) is 10.6 Å². The second-order valence-corrected chi connectivity index (χ2v) is 9.49. The summed E-state index contributed by atoms with van der Waals surface area (Å²) in [5.41, 5.74) is -2.83. The van der Waals surface area contributed by atoms with E-state index in [2.05, 4.69) is 15.5 Å². The average molecular weight is 521 g/mol. The van der Waals surface area contributed by atoms with Crippen LogP contribution in [-0.2, 0) is 15.9 Å². The summed E-state index contributed by atoms with van der Waals surface area (Å²) >= 11 is 5.70. The molecule has 0 aliphatic rings. The van der Waals surface area contributed by atoms with Gasteiger partial charge in [-0.2, -0.15) is 13.2 Å². The zero-order chi connectivity index (χ0) is 25.4. The molecule has 2 aromatic carbocycles. The lowest BCUT2D eigenvalue weighted by Crippen LogP contribution is -2.21. The minimum absolute atomic E-state index is 0.0194. The lowest BCUT2D eigenvalue weighted by atomic mass is 10.1. The minimum atomic E-state index is -4.97. The molecular weight excluding hydrogens is 507 g/mol. The highest BCUT2D eigenvalue weighted by molar-refractivity contribution is 7.91. The molecule has 0 saturated carbocycles. The molecule has 34 heavy (non-hydrogen) atoms. The quantitative estimate of drug-likeness (QED) is 0.326. The summed E-state index contributed by atoms with van der Waals surface area (Å²) in [7, 11) is -3.15. The molecule has 1 aromatic heterocycles. The highest BCUT2D eigenvalue weighted by atomic mass is 35.5. The Bertz CT molecular complexity index is 1400. The molecular formula is C20H14ClF5N4O3S. The first-order chi connectivity index (χ1) is 15.7. The van der Waals surface area contributed by atoms with E-state index in [0.29, 0.717) is 6.07 Å². The van der Waals surface area contributed by atoms with Crippen molar-refractivity contribution in [2.75, 3.05) is 11.6 Å². The zero-order valence-electron chi connectivity index (χ0n) is 17.3. The highest BCUT2D eigenvalue weighted by Gasteiger charge is 2.38. The van der Waals surface area contributed by atoms with Crippen LogP contribution in [0.1, 0.15) is 21.6 Å². The number of aromatic nitrogens is 2. The molecule has 2 N–H and O–H groups in total. The third-order valence-corrected chi connectivity index (χ3v) is 5.93. The maximum Gasteiger partial charge on any atom is 0.435 e. The van der Waals surface area contributed by atoms with Gasteiger partial charge in [0.15, 0.2) is 23.1 Å². The van der Waals surface area contributed by atoms with Gasteiger partial charge < -0.3 is 10.1 Å². The van der Waals surface area contributed by atoms with Crippen molar-refractivity contribution in [3.8, 4) is 11.6 Å². The maximum atomic E-state index is 13.8. The van der Waals surface area contributed by atoms with Crippen LogP contribution in [0, 0.1) is 23.3 Å². The van der Waals surface area contributed by atoms with Crippen LogP contribution in [0.25, 0.3) is 0 Å². The van der Waals surface area contributed by atoms with Crippen LogP contribution >= 0.6 is 11.6 Å². The van der Waals surface area contributed by atoms with Gasteiger partial charge in [-0.25, -0.2) is 17.8 Å². The molecule has 1 heterocycles. The summed E-state index contributed by atoms with van der Waals surface area (Å²) in [6, 6.07) is 6.90. The average Bonchev–Trinajstić information content (AvgIpc) is 2.73. The Morgan fingerprint density at radius 1 is 1.18 bits per heavy atom. The fourth-order valence-corrected chi connectivity index (χ4v) is 3.69. The summed E-state index contributed by atoms with van der Waals surface area (Å²) in [6.45, 7) is 0.950. The Morgan fingerprint density at radius 3 is 2.47 bits per heavy atom. The van der Waals surface area contributed by atoms with Gasteiger partial charge in [-0.15, -0.1) is 10.2 Å². The van der Waals surface area contributed by atoms with E-state index in [-0.39, 0.29) is 10.6 Å². The molecule has 14 heteroatoms. The van der Waals surface area contributed by atoms with Crippen molar-refractivity contribution < 1.29 is 35.7 Å². The van der Waals surface area contributed by atoms with E-state index in [4.69, 9.17) is 21.1 Å². The zero-order valence-corrected chi connectivity index (χ0v) is 18.8. The van der Waals surface area contributed by atoms with Crippen molar-refractivity contribution in [1.82, 2.24) is 10.2 Å². The van der Waals surface area contributed by atoms with E-state index in [0.717, 1.165) is 19.2 Å². The number of ether oxygens (including phenoxy) is 1. The predicted molar refractivity (Wildman–Crippen MR) is 113 cm³/mol. The van der Waals surface area contributed by atoms with E-state index in [1.54, 1.807) is 0 Å². The molecule has 0 aliphatic heterocycles. The molecule has 3 aromatic rings. The highest BCUT2D eigenvalue weighted by Crippen LogP contribution is 2.37. The van der Waals surface area contributed by atoms with Crippen LogP contribution in [0.15, 0.2) is 41.3 Å². The topological polar surface area (TPSA) is 105 Å². The molecule has 0 bridgehead atoms. The Hall–Kier alpha value is -3.32. The van der Waals surface area contributed by atoms with Crippen molar-refractivity contribution in [3.05, 3.63) is 69.9 Å². The Balaban J connectivity index is 2.10. The van der Waals surface area contributed by atoms with Gasteiger partial charge in [-0.3, -0.25) is 4.79 Å². The summed E-state index contributed by atoms with van der Waals surface area (Å²) < 4.78 is 92.1. The van der Waals surface area contributed by atoms with Gasteiger partial charge in [0.25, 0.3) is 11.8 Å². The van der Waals surface area contributed by atoms with Crippen LogP contribution < -0.4 is 10.1 Å². The Labute approximate surface area is 194 Å². The minimum Gasteiger partial charge on any atom is -0.435 e. The third kappa shape index (κ3) is 5.25. The van der Waals surface area contributed by atoms with Crippen LogP contribution in [-0.4, -0.2) is 26.6 Å². The van der Waals surface area contributed by atoms with E-state index in [1.807, 2.05) is 0 Å². The summed E-state index contributed by atoms with van der Waals surface area (Å²) in [6.07, 6.45) is -3.82. The Kier molecular flexibility index (Phi) is 6.80. The standard InChI is InChI=1S/C20H14ClF5N4O3S/c1-9-14(18(31)28-10-4-3-5-11(8-10)34(2,27)32)19(30-29-17(9)20(24,25)26)33-13-7-6-12(22)16(23)15(13)21/h3-8,27H,1-2H3,(H,28,31). The van der Waals surface area contributed by atoms with Gasteiger partial charge >= 0.3 is 6.18 Å². The van der Waals surface area contributed by atoms with Gasteiger partial charge in [-0.05, 0) is 42.8 Å². The van der Waals surface area contributed by atoms with Crippen molar-refractivity contribution in [1.29, 1.82) is 4.78 Å². The first-order valence-electron chi connectivity index (χ1n) is 9.11. The summed E-state index contributed by atoms with van der Waals surface area (Å²) in [5, 5.41) is 7.86. The molecule has 0 aliphatic carbocycles. The SMILES string of the molecule is Cc1c(C(F)(F)F)nnc(Oc2ccc(F)c(F)c2Cl)c1C(=O)Nc1cccc(S(C)(=N)=O)c1. The molecule has 0 saturated heterocycles. The second-order valence-electron chi connectivity index (χ2n) is 6.95. The number of carbonyl (C=O) groups excluding carboxylic acids is 1. The predicted octanol–water partition coefficient (Wildman–Crippen LogP) is 5.82. The lowest BCUT2D eigenvalue weighted by molar-refractivity contribution is -0.142. The third-order valence-electron chi connectivity index (χ3n) is 4.43. The number of rotatable bonds is 5. The van der Waals surface area contributed by atoms with E-state index in [9.17, 15) is 31.0 Å². The summed E-state index contributed by atoms with van der Waals surface area (Å²) in [4.78, 5) is 13.0. The first-order valence-corrected chi connectivity index (χ1v) is 11.5. The molecule has 1 amide bonds. The number of halogens is 6.